The fourth-order valence-corrected chi connectivity index (χ4v) is 1.68. The van der Waals surface area contributed by atoms with Crippen LogP contribution in [0.4, 0.5) is 0 Å². The normalized spacial score (nSPS) is 13.5. The highest BCUT2D eigenvalue weighted by Gasteiger charge is 2.26. The van der Waals surface area contributed by atoms with Crippen LogP contribution < -0.4 is 0 Å². The predicted molar refractivity (Wildman–Crippen MR) is 63.5 cm³/mol. The molecule has 0 saturated heterocycles. The smallest absolute Gasteiger partial charge is 0.308 e. The summed E-state index contributed by atoms with van der Waals surface area (Å²) in [6.07, 6.45) is 0.824. The molecule has 1 heterocycles. The van der Waals surface area contributed by atoms with E-state index in [1.165, 1.54) is 7.11 Å². The first kappa shape index (κ1) is 13.7. The third-order valence-corrected chi connectivity index (χ3v) is 2.51. The fraction of sp³-hybridized carbons (Fsp3) is 0.667. The zero-order valence-corrected chi connectivity index (χ0v) is 11.0. The number of rotatable bonds is 3. The number of carbonyl (C=O) groups excluding carboxylic acids is 1. The van der Waals surface area contributed by atoms with E-state index >= 15 is 0 Å². The van der Waals surface area contributed by atoms with Crippen LogP contribution in [-0.2, 0) is 22.0 Å². The van der Waals surface area contributed by atoms with E-state index < -0.39 is 12.1 Å². The lowest BCUT2D eigenvalue weighted by Gasteiger charge is -2.19. The lowest BCUT2D eigenvalue weighted by atomic mass is 9.87. The molecule has 0 saturated carbocycles. The maximum absolute atomic E-state index is 11.2. The summed E-state index contributed by atoms with van der Waals surface area (Å²) in [5, 5.41) is 14.4. The van der Waals surface area contributed by atoms with Crippen LogP contribution in [0.25, 0.3) is 0 Å². The average molecular weight is 240 g/mol. The van der Waals surface area contributed by atoms with Crippen molar-refractivity contribution in [3.63, 3.8) is 0 Å². The molecule has 0 unspecified atom stereocenters. The largest absolute Gasteiger partial charge is 0.469 e. The Bertz CT molecular complexity index is 404. The van der Waals surface area contributed by atoms with E-state index in [0.717, 1.165) is 5.69 Å². The van der Waals surface area contributed by atoms with Gasteiger partial charge < -0.3 is 9.84 Å². The molecule has 0 spiro atoms. The van der Waals surface area contributed by atoms with Crippen LogP contribution in [0, 0.1) is 0 Å². The third-order valence-electron chi connectivity index (χ3n) is 2.51. The summed E-state index contributed by atoms with van der Waals surface area (Å²) in [6.45, 7) is 6.05. The molecule has 0 aliphatic heterocycles. The number of aryl methyl sites for hydroxylation is 1. The molecule has 5 heteroatoms. The van der Waals surface area contributed by atoms with E-state index in [9.17, 15) is 9.90 Å². The predicted octanol–water partition coefficient (Wildman–Crippen LogP) is 1.31. The number of nitrogens with zero attached hydrogens (tertiary/aromatic N) is 2. The second kappa shape index (κ2) is 4.87. The Morgan fingerprint density at radius 3 is 2.65 bits per heavy atom. The molecule has 1 N–H and O–H groups in total. The van der Waals surface area contributed by atoms with Crippen molar-refractivity contribution in [1.82, 2.24) is 9.78 Å². The average Bonchev–Trinajstić information content (AvgIpc) is 2.59. The molecular weight excluding hydrogens is 220 g/mol. The Labute approximate surface area is 101 Å². The molecule has 1 aromatic rings. The highest BCUT2D eigenvalue weighted by Crippen LogP contribution is 2.29. The molecule has 1 atom stereocenters. The van der Waals surface area contributed by atoms with Gasteiger partial charge in [-0.15, -0.1) is 0 Å². The van der Waals surface area contributed by atoms with Crippen molar-refractivity contribution in [2.24, 2.45) is 7.05 Å². The van der Waals surface area contributed by atoms with Gasteiger partial charge in [-0.25, -0.2) is 0 Å². The topological polar surface area (TPSA) is 64.3 Å². The molecule has 1 aromatic heterocycles. The Balaban J connectivity index is 3.01. The molecule has 0 amide bonds. The van der Waals surface area contributed by atoms with Gasteiger partial charge in [0.1, 0.15) is 0 Å². The number of aromatic nitrogens is 2. The number of carbonyl (C=O) groups is 1. The standard InChI is InChI=1S/C12H20N2O3/c1-12(2,3)11-8(7-14(4)13-11)9(15)6-10(16)17-5/h7,9,15H,6H2,1-5H3/t9-/m0/s1. The van der Waals surface area contributed by atoms with E-state index in [0.29, 0.717) is 5.56 Å². The fourth-order valence-electron chi connectivity index (χ4n) is 1.68. The van der Waals surface area contributed by atoms with Crippen LogP contribution in [0.3, 0.4) is 0 Å². The second-order valence-corrected chi connectivity index (χ2v) is 5.15. The SMILES string of the molecule is COC(=O)C[C@H](O)c1cn(C)nc1C(C)(C)C. The van der Waals surface area contributed by atoms with Gasteiger partial charge in [-0.3, -0.25) is 9.48 Å². The number of hydrogen-bond acceptors (Lipinski definition) is 4. The zero-order chi connectivity index (χ0) is 13.2. The molecule has 5 nitrogen and oxygen atoms in total. The van der Waals surface area contributed by atoms with E-state index in [4.69, 9.17) is 0 Å². The lowest BCUT2D eigenvalue weighted by molar-refractivity contribution is -0.142. The summed E-state index contributed by atoms with van der Waals surface area (Å²) < 4.78 is 6.20. The Morgan fingerprint density at radius 2 is 2.18 bits per heavy atom. The van der Waals surface area contributed by atoms with Crippen LogP contribution in [0.1, 0.15) is 44.6 Å². The summed E-state index contributed by atoms with van der Waals surface area (Å²) in [6, 6.07) is 0. The zero-order valence-electron chi connectivity index (χ0n) is 11.0. The highest BCUT2D eigenvalue weighted by molar-refractivity contribution is 5.70. The van der Waals surface area contributed by atoms with Crippen LogP contribution in [0.5, 0.6) is 0 Å². The molecule has 0 bridgehead atoms. The van der Waals surface area contributed by atoms with Gasteiger partial charge >= 0.3 is 5.97 Å². The maximum atomic E-state index is 11.2. The Hall–Kier alpha value is -1.36. The first-order valence-corrected chi connectivity index (χ1v) is 5.54. The molecule has 96 valence electrons. The van der Waals surface area contributed by atoms with E-state index in [-0.39, 0.29) is 11.8 Å². The monoisotopic (exact) mass is 240 g/mol. The van der Waals surface area contributed by atoms with Gasteiger partial charge in [-0.2, -0.15) is 5.10 Å². The molecule has 0 radical (unpaired) electrons. The summed E-state index contributed by atoms with van der Waals surface area (Å²) in [4.78, 5) is 11.2. The van der Waals surface area contributed by atoms with Gasteiger partial charge in [0, 0.05) is 24.2 Å². The summed E-state index contributed by atoms with van der Waals surface area (Å²) in [7, 11) is 3.10. The molecule has 0 fully saturated rings. The number of aliphatic hydroxyl groups is 1. The molecule has 0 aliphatic rings. The Morgan fingerprint density at radius 1 is 1.59 bits per heavy atom. The highest BCUT2D eigenvalue weighted by atomic mass is 16.5. The van der Waals surface area contributed by atoms with Crippen LogP contribution in [-0.4, -0.2) is 28.0 Å². The number of esters is 1. The van der Waals surface area contributed by atoms with Crippen LogP contribution in [0.2, 0.25) is 0 Å². The number of aliphatic hydroxyl groups excluding tert-OH is 1. The lowest BCUT2D eigenvalue weighted by Crippen LogP contribution is -2.17. The Kier molecular flexibility index (Phi) is 3.93. The van der Waals surface area contributed by atoms with Crippen molar-refractivity contribution in [3.8, 4) is 0 Å². The summed E-state index contributed by atoms with van der Waals surface area (Å²) in [5.41, 5.74) is 1.31. The van der Waals surface area contributed by atoms with Gasteiger partial charge in [-0.1, -0.05) is 20.8 Å². The summed E-state index contributed by atoms with van der Waals surface area (Å²) in [5.74, 6) is -0.429. The molecular formula is C12H20N2O3. The third kappa shape index (κ3) is 3.30. The van der Waals surface area contributed by atoms with Gasteiger partial charge in [0.2, 0.25) is 0 Å². The van der Waals surface area contributed by atoms with E-state index in [1.807, 2.05) is 20.8 Å². The second-order valence-electron chi connectivity index (χ2n) is 5.15. The van der Waals surface area contributed by atoms with E-state index in [2.05, 4.69) is 9.84 Å². The van der Waals surface area contributed by atoms with Crippen LogP contribution in [0.15, 0.2) is 6.20 Å². The molecule has 17 heavy (non-hydrogen) atoms. The first-order valence-electron chi connectivity index (χ1n) is 5.54. The quantitative estimate of drug-likeness (QED) is 0.809. The number of hydrogen-bond donors (Lipinski definition) is 1. The van der Waals surface area contributed by atoms with Gasteiger partial charge in [0.15, 0.2) is 0 Å². The van der Waals surface area contributed by atoms with Gasteiger partial charge in [0.05, 0.1) is 25.3 Å². The van der Waals surface area contributed by atoms with Crippen LogP contribution >= 0.6 is 0 Å². The minimum absolute atomic E-state index is 0.0503. The van der Waals surface area contributed by atoms with Crippen molar-refractivity contribution >= 4 is 5.97 Å². The molecule has 1 rings (SSSR count). The van der Waals surface area contributed by atoms with Crippen molar-refractivity contribution in [1.29, 1.82) is 0 Å². The van der Waals surface area contributed by atoms with Gasteiger partial charge in [-0.05, 0) is 0 Å². The minimum Gasteiger partial charge on any atom is -0.469 e. The van der Waals surface area contributed by atoms with Gasteiger partial charge in [0.25, 0.3) is 0 Å². The summed E-state index contributed by atoms with van der Waals surface area (Å²) >= 11 is 0. The van der Waals surface area contributed by atoms with E-state index in [1.54, 1.807) is 17.9 Å². The number of methoxy groups -OCH3 is 1. The van der Waals surface area contributed by atoms with Crippen molar-refractivity contribution in [2.75, 3.05) is 7.11 Å². The minimum atomic E-state index is -0.870. The first-order chi connectivity index (χ1) is 7.75. The van der Waals surface area contributed by atoms with Crippen molar-refractivity contribution in [3.05, 3.63) is 17.5 Å². The van der Waals surface area contributed by atoms with Crippen molar-refractivity contribution in [2.45, 2.75) is 38.7 Å². The molecule has 0 aromatic carbocycles. The number of ether oxygens (including phenoxy) is 1. The van der Waals surface area contributed by atoms with Crippen molar-refractivity contribution < 1.29 is 14.6 Å². The maximum Gasteiger partial charge on any atom is 0.308 e. The molecule has 0 aliphatic carbocycles.